The van der Waals surface area contributed by atoms with Gasteiger partial charge in [-0.3, -0.25) is 9.59 Å². The average Bonchev–Trinajstić information content (AvgIpc) is 3.29. The number of nitrogens with zero attached hydrogens (tertiary/aromatic N) is 1. The molecule has 1 aromatic carbocycles. The lowest BCUT2D eigenvalue weighted by Gasteiger charge is -2.48. The van der Waals surface area contributed by atoms with Crippen LogP contribution in [0.5, 0.6) is 5.75 Å². The third-order valence-corrected chi connectivity index (χ3v) is 8.23. The van der Waals surface area contributed by atoms with Crippen molar-refractivity contribution < 1.29 is 28.5 Å². The Balaban J connectivity index is 1.75. The van der Waals surface area contributed by atoms with Gasteiger partial charge in [0, 0.05) is 38.7 Å². The molecule has 0 N–H and O–H groups in total. The van der Waals surface area contributed by atoms with Gasteiger partial charge in [0.1, 0.15) is 11.9 Å². The number of carbonyl (C=O) groups excluding carboxylic acids is 2. The van der Waals surface area contributed by atoms with E-state index < -0.39 is 5.79 Å². The molecule has 8 heteroatoms. The van der Waals surface area contributed by atoms with Crippen LogP contribution in [0.2, 0.25) is 0 Å². The Morgan fingerprint density at radius 2 is 1.87 bits per heavy atom. The number of methoxy groups -OCH3 is 2. The maximum absolute atomic E-state index is 13.0. The van der Waals surface area contributed by atoms with Crippen molar-refractivity contribution >= 4 is 23.0 Å². The Labute approximate surface area is 231 Å². The van der Waals surface area contributed by atoms with Gasteiger partial charge in [0.25, 0.3) is 5.24 Å². The van der Waals surface area contributed by atoms with Crippen LogP contribution in [0.15, 0.2) is 49.6 Å². The van der Waals surface area contributed by atoms with Gasteiger partial charge in [-0.05, 0) is 56.2 Å². The molecule has 0 bridgehead atoms. The van der Waals surface area contributed by atoms with E-state index in [0.29, 0.717) is 31.6 Å². The highest BCUT2D eigenvalue weighted by Crippen LogP contribution is 2.43. The monoisotopic (exact) mass is 545 g/mol. The molecule has 0 radical (unpaired) electrons. The minimum atomic E-state index is -1.06. The number of amides is 1. The SMILES string of the molecule is C=CCCCCCC(=O)OC1CC(CCCC=C)OC(OC)(C2CSC(=O)N2Cc2ccc(OC)cc2)C1. The van der Waals surface area contributed by atoms with Crippen LogP contribution in [0.25, 0.3) is 0 Å². The molecular formula is C30H43NO6S. The Morgan fingerprint density at radius 3 is 2.55 bits per heavy atom. The number of hydrogen-bond donors (Lipinski definition) is 0. The minimum absolute atomic E-state index is 0.00677. The van der Waals surface area contributed by atoms with E-state index in [1.165, 1.54) is 11.8 Å². The van der Waals surface area contributed by atoms with Crippen molar-refractivity contribution in [3.05, 3.63) is 55.1 Å². The molecule has 2 saturated heterocycles. The fourth-order valence-electron chi connectivity index (χ4n) is 5.21. The molecule has 4 unspecified atom stereocenters. The third kappa shape index (κ3) is 8.35. The van der Waals surface area contributed by atoms with Crippen molar-refractivity contribution in [2.75, 3.05) is 20.0 Å². The third-order valence-electron chi connectivity index (χ3n) is 7.27. The fraction of sp³-hybridized carbons (Fsp3) is 0.600. The molecule has 0 aromatic heterocycles. The van der Waals surface area contributed by atoms with Gasteiger partial charge in [-0.25, -0.2) is 0 Å². The molecule has 38 heavy (non-hydrogen) atoms. The zero-order valence-corrected chi connectivity index (χ0v) is 23.7. The van der Waals surface area contributed by atoms with Gasteiger partial charge in [-0.2, -0.15) is 0 Å². The first-order valence-corrected chi connectivity index (χ1v) is 14.6. The smallest absolute Gasteiger partial charge is 0.306 e. The van der Waals surface area contributed by atoms with E-state index in [4.69, 9.17) is 18.9 Å². The number of benzene rings is 1. The molecule has 1 aromatic rings. The fourth-order valence-corrected chi connectivity index (χ4v) is 6.30. The van der Waals surface area contributed by atoms with E-state index in [1.807, 2.05) is 41.3 Å². The molecule has 0 aliphatic carbocycles. The van der Waals surface area contributed by atoms with Crippen molar-refractivity contribution in [1.82, 2.24) is 4.90 Å². The molecule has 2 aliphatic rings. The van der Waals surface area contributed by atoms with Crippen LogP contribution >= 0.6 is 11.8 Å². The Hall–Kier alpha value is -2.29. The Kier molecular flexibility index (Phi) is 12.2. The molecule has 3 rings (SSSR count). The number of rotatable bonds is 16. The van der Waals surface area contributed by atoms with Gasteiger partial charge < -0.3 is 23.8 Å². The quantitative estimate of drug-likeness (QED) is 0.131. The maximum Gasteiger partial charge on any atom is 0.306 e. The van der Waals surface area contributed by atoms with Gasteiger partial charge in [0.05, 0.1) is 19.3 Å². The van der Waals surface area contributed by atoms with E-state index in [0.717, 1.165) is 56.3 Å². The lowest BCUT2D eigenvalue weighted by Crippen LogP contribution is -2.60. The van der Waals surface area contributed by atoms with Crippen molar-refractivity contribution in [3.8, 4) is 5.75 Å². The lowest BCUT2D eigenvalue weighted by molar-refractivity contribution is -0.306. The van der Waals surface area contributed by atoms with Crippen LogP contribution in [0.4, 0.5) is 4.79 Å². The Bertz CT molecular complexity index is 922. The largest absolute Gasteiger partial charge is 0.497 e. The molecule has 1 amide bonds. The predicted octanol–water partition coefficient (Wildman–Crippen LogP) is 6.66. The summed E-state index contributed by atoms with van der Waals surface area (Å²) in [6, 6.07) is 7.40. The Morgan fingerprint density at radius 1 is 1.13 bits per heavy atom. The number of hydrogen-bond acceptors (Lipinski definition) is 7. The molecule has 0 spiro atoms. The summed E-state index contributed by atoms with van der Waals surface area (Å²) in [6.07, 6.45) is 11.1. The van der Waals surface area contributed by atoms with Gasteiger partial charge in [0.2, 0.25) is 0 Å². The van der Waals surface area contributed by atoms with Gasteiger partial charge in [0.15, 0.2) is 5.79 Å². The second-order valence-corrected chi connectivity index (χ2v) is 11.0. The number of esters is 1. The van der Waals surface area contributed by atoms with Gasteiger partial charge in [-0.15, -0.1) is 13.2 Å². The standard InChI is InChI=1S/C30H43NO6S/c1-5-7-9-10-12-14-28(32)36-26-19-25(13-11-8-6-2)37-30(20-26,35-4)27-22-38-29(33)31(27)21-23-15-17-24(34-3)18-16-23/h5-6,15-18,25-27H,1-2,7-14,19-22H2,3-4H3. The highest BCUT2D eigenvalue weighted by molar-refractivity contribution is 8.13. The molecule has 2 aliphatic heterocycles. The van der Waals surface area contributed by atoms with Crippen LogP contribution in [0.3, 0.4) is 0 Å². The van der Waals surface area contributed by atoms with Gasteiger partial charge in [-0.1, -0.05) is 42.5 Å². The summed E-state index contributed by atoms with van der Waals surface area (Å²) < 4.78 is 24.0. The summed E-state index contributed by atoms with van der Waals surface area (Å²) in [5.74, 6) is 0.0746. The van der Waals surface area contributed by atoms with Crippen LogP contribution < -0.4 is 4.74 Å². The molecular weight excluding hydrogens is 502 g/mol. The summed E-state index contributed by atoms with van der Waals surface area (Å²) in [4.78, 5) is 27.6. The highest BCUT2D eigenvalue weighted by Gasteiger charge is 2.54. The zero-order chi connectivity index (χ0) is 27.4. The predicted molar refractivity (Wildman–Crippen MR) is 151 cm³/mol. The van der Waals surface area contributed by atoms with Gasteiger partial charge >= 0.3 is 5.97 Å². The molecule has 210 valence electrons. The highest BCUT2D eigenvalue weighted by atomic mass is 32.2. The second kappa shape index (κ2) is 15.3. The normalized spacial score (nSPS) is 25.3. The number of ether oxygens (including phenoxy) is 4. The van der Waals surface area contributed by atoms with Crippen LogP contribution in [0, 0.1) is 0 Å². The maximum atomic E-state index is 13.0. The number of carbonyl (C=O) groups is 2. The lowest BCUT2D eigenvalue weighted by atomic mass is 9.90. The van der Waals surface area contributed by atoms with Crippen LogP contribution in [-0.2, 0) is 25.5 Å². The molecule has 2 heterocycles. The van der Waals surface area contributed by atoms with Crippen molar-refractivity contribution in [2.24, 2.45) is 0 Å². The van der Waals surface area contributed by atoms with E-state index in [9.17, 15) is 9.59 Å². The summed E-state index contributed by atoms with van der Waals surface area (Å²) in [7, 11) is 3.26. The number of allylic oxidation sites excluding steroid dienone is 2. The summed E-state index contributed by atoms with van der Waals surface area (Å²) in [5, 5.41) is -0.00677. The minimum Gasteiger partial charge on any atom is -0.497 e. The van der Waals surface area contributed by atoms with E-state index in [-0.39, 0.29) is 29.5 Å². The summed E-state index contributed by atoms with van der Waals surface area (Å²) >= 11 is 1.28. The molecule has 0 saturated carbocycles. The first-order valence-electron chi connectivity index (χ1n) is 13.6. The summed E-state index contributed by atoms with van der Waals surface area (Å²) in [5.41, 5.74) is 0.996. The second-order valence-electron chi connectivity index (χ2n) is 9.98. The van der Waals surface area contributed by atoms with Crippen LogP contribution in [-0.4, -0.2) is 60.1 Å². The van der Waals surface area contributed by atoms with E-state index >= 15 is 0 Å². The molecule has 7 nitrogen and oxygen atoms in total. The van der Waals surface area contributed by atoms with Crippen molar-refractivity contribution in [1.29, 1.82) is 0 Å². The summed E-state index contributed by atoms with van der Waals surface area (Å²) in [6.45, 7) is 8.01. The molecule has 4 atom stereocenters. The van der Waals surface area contributed by atoms with Crippen molar-refractivity contribution in [2.45, 2.75) is 94.8 Å². The van der Waals surface area contributed by atoms with Crippen LogP contribution in [0.1, 0.15) is 69.8 Å². The van der Waals surface area contributed by atoms with Crippen molar-refractivity contribution in [3.63, 3.8) is 0 Å². The molecule has 2 fully saturated rings. The number of thioether (sulfide) groups is 1. The van der Waals surface area contributed by atoms with E-state index in [1.54, 1.807) is 14.2 Å². The van der Waals surface area contributed by atoms with E-state index in [2.05, 4.69) is 13.2 Å². The zero-order valence-electron chi connectivity index (χ0n) is 22.9. The number of unbranched alkanes of at least 4 members (excludes halogenated alkanes) is 4. The average molecular weight is 546 g/mol. The first-order chi connectivity index (χ1) is 18.4. The first kappa shape index (κ1) is 30.3. The topological polar surface area (TPSA) is 74.3 Å².